The maximum absolute atomic E-state index is 9.18. The SMILES string of the molecule is CC(C)(C#N)N1CCN(Cc2ccc(C#N)cc2Cl)CC1. The molecule has 4 nitrogen and oxygen atoms in total. The van der Waals surface area contributed by atoms with Gasteiger partial charge in [-0.1, -0.05) is 17.7 Å². The Labute approximate surface area is 131 Å². The van der Waals surface area contributed by atoms with E-state index in [0.717, 1.165) is 38.3 Å². The van der Waals surface area contributed by atoms with Gasteiger partial charge in [0, 0.05) is 37.7 Å². The van der Waals surface area contributed by atoms with Gasteiger partial charge in [-0.05, 0) is 31.5 Å². The Morgan fingerprint density at radius 2 is 1.86 bits per heavy atom. The first kappa shape index (κ1) is 15.8. The molecule has 0 unspecified atom stereocenters. The molecule has 0 spiro atoms. The van der Waals surface area contributed by atoms with Gasteiger partial charge in [-0.3, -0.25) is 9.80 Å². The molecule has 0 aliphatic carbocycles. The molecule has 1 aromatic carbocycles. The Kier molecular flexibility index (Phi) is 4.85. The molecule has 0 N–H and O–H groups in total. The lowest BCUT2D eigenvalue weighted by Gasteiger charge is -2.40. The standard InChI is InChI=1S/C16H19ClN4/c1-16(2,12-19)21-7-5-20(6-8-21)11-14-4-3-13(10-18)9-15(14)17/h3-4,9H,5-8,11H2,1-2H3. The molecule has 2 rings (SSSR count). The molecule has 1 aliphatic rings. The van der Waals surface area contributed by atoms with Crippen molar-refractivity contribution in [2.75, 3.05) is 26.2 Å². The van der Waals surface area contributed by atoms with Gasteiger partial charge in [0.2, 0.25) is 0 Å². The van der Waals surface area contributed by atoms with Gasteiger partial charge in [-0.25, -0.2) is 0 Å². The van der Waals surface area contributed by atoms with Crippen LogP contribution in [-0.4, -0.2) is 41.5 Å². The lowest BCUT2D eigenvalue weighted by Crippen LogP contribution is -2.53. The second kappa shape index (κ2) is 6.45. The van der Waals surface area contributed by atoms with E-state index >= 15 is 0 Å². The highest BCUT2D eigenvalue weighted by Crippen LogP contribution is 2.21. The highest BCUT2D eigenvalue weighted by atomic mass is 35.5. The van der Waals surface area contributed by atoms with Crippen molar-refractivity contribution in [1.29, 1.82) is 10.5 Å². The van der Waals surface area contributed by atoms with E-state index in [-0.39, 0.29) is 0 Å². The van der Waals surface area contributed by atoms with Crippen molar-refractivity contribution in [3.05, 3.63) is 34.3 Å². The second-order valence-electron chi connectivity index (χ2n) is 5.85. The zero-order chi connectivity index (χ0) is 15.5. The van der Waals surface area contributed by atoms with Gasteiger partial charge in [-0.2, -0.15) is 10.5 Å². The number of nitrogens with zero attached hydrogens (tertiary/aromatic N) is 4. The van der Waals surface area contributed by atoms with Crippen LogP contribution in [-0.2, 0) is 6.54 Å². The maximum atomic E-state index is 9.18. The van der Waals surface area contributed by atoms with Crippen molar-refractivity contribution in [2.24, 2.45) is 0 Å². The second-order valence-corrected chi connectivity index (χ2v) is 6.26. The molecule has 0 bridgehead atoms. The summed E-state index contributed by atoms with van der Waals surface area (Å²) in [6.45, 7) is 8.30. The van der Waals surface area contributed by atoms with Crippen LogP contribution in [0.3, 0.4) is 0 Å². The number of hydrogen-bond donors (Lipinski definition) is 0. The van der Waals surface area contributed by atoms with Crippen LogP contribution in [0.2, 0.25) is 5.02 Å². The number of halogens is 1. The predicted molar refractivity (Wildman–Crippen MR) is 82.7 cm³/mol. The first-order valence-electron chi connectivity index (χ1n) is 7.03. The van der Waals surface area contributed by atoms with Crippen molar-refractivity contribution >= 4 is 11.6 Å². The van der Waals surface area contributed by atoms with Gasteiger partial charge in [0.25, 0.3) is 0 Å². The maximum Gasteiger partial charge on any atom is 0.103 e. The molecule has 1 aliphatic heterocycles. The minimum Gasteiger partial charge on any atom is -0.296 e. The molecular formula is C16H19ClN4. The summed E-state index contributed by atoms with van der Waals surface area (Å²) in [6, 6.07) is 9.88. The normalized spacial score (nSPS) is 17.2. The van der Waals surface area contributed by atoms with Crippen LogP contribution < -0.4 is 0 Å². The molecule has 1 heterocycles. The number of benzene rings is 1. The molecule has 0 aromatic heterocycles. The van der Waals surface area contributed by atoms with E-state index in [1.165, 1.54) is 0 Å². The van der Waals surface area contributed by atoms with Crippen molar-refractivity contribution in [3.63, 3.8) is 0 Å². The van der Waals surface area contributed by atoms with Crippen LogP contribution in [0.5, 0.6) is 0 Å². The van der Waals surface area contributed by atoms with Crippen molar-refractivity contribution in [2.45, 2.75) is 25.9 Å². The number of piperazine rings is 1. The summed E-state index contributed by atoms with van der Waals surface area (Å²) < 4.78 is 0. The zero-order valence-corrected chi connectivity index (χ0v) is 13.2. The molecule has 0 radical (unpaired) electrons. The Morgan fingerprint density at radius 1 is 1.19 bits per heavy atom. The third-order valence-corrected chi connectivity index (χ3v) is 4.36. The summed E-state index contributed by atoms with van der Waals surface area (Å²) in [5.41, 5.74) is 1.23. The van der Waals surface area contributed by atoms with Gasteiger partial charge in [0.1, 0.15) is 5.54 Å². The lowest BCUT2D eigenvalue weighted by atomic mass is 10.0. The predicted octanol–water partition coefficient (Wildman–Crippen LogP) is 2.63. The van der Waals surface area contributed by atoms with E-state index in [4.69, 9.17) is 16.9 Å². The molecule has 1 saturated heterocycles. The average Bonchev–Trinajstić information content (AvgIpc) is 2.50. The summed E-state index contributed by atoms with van der Waals surface area (Å²) >= 11 is 6.22. The lowest BCUT2D eigenvalue weighted by molar-refractivity contribution is 0.0764. The summed E-state index contributed by atoms with van der Waals surface area (Å²) in [5, 5.41) is 18.7. The van der Waals surface area contributed by atoms with E-state index in [2.05, 4.69) is 21.9 Å². The minimum absolute atomic E-state index is 0.405. The number of nitriles is 2. The van der Waals surface area contributed by atoms with Crippen molar-refractivity contribution < 1.29 is 0 Å². The molecule has 1 aromatic rings. The fourth-order valence-corrected chi connectivity index (χ4v) is 2.76. The van der Waals surface area contributed by atoms with E-state index < -0.39 is 5.54 Å². The zero-order valence-electron chi connectivity index (χ0n) is 12.4. The Balaban J connectivity index is 1.96. The van der Waals surface area contributed by atoms with Crippen LogP contribution in [0, 0.1) is 22.7 Å². The van der Waals surface area contributed by atoms with Crippen LogP contribution in [0.15, 0.2) is 18.2 Å². The molecule has 0 atom stereocenters. The monoisotopic (exact) mass is 302 g/mol. The topological polar surface area (TPSA) is 54.1 Å². The average molecular weight is 303 g/mol. The Morgan fingerprint density at radius 3 is 2.38 bits per heavy atom. The summed E-state index contributed by atoms with van der Waals surface area (Å²) in [6.07, 6.45) is 0. The Hall–Kier alpha value is -1.59. The summed E-state index contributed by atoms with van der Waals surface area (Å²) in [7, 11) is 0. The van der Waals surface area contributed by atoms with Crippen LogP contribution in [0.25, 0.3) is 0 Å². The van der Waals surface area contributed by atoms with Gasteiger partial charge in [-0.15, -0.1) is 0 Å². The summed E-state index contributed by atoms with van der Waals surface area (Å²) in [5.74, 6) is 0. The van der Waals surface area contributed by atoms with E-state index in [1.807, 2.05) is 19.9 Å². The van der Waals surface area contributed by atoms with Gasteiger partial charge < -0.3 is 0 Å². The van der Waals surface area contributed by atoms with Crippen molar-refractivity contribution in [1.82, 2.24) is 9.80 Å². The Bertz CT molecular complexity index is 589. The molecular weight excluding hydrogens is 284 g/mol. The van der Waals surface area contributed by atoms with Crippen LogP contribution in [0.4, 0.5) is 0 Å². The third kappa shape index (κ3) is 3.74. The van der Waals surface area contributed by atoms with Gasteiger partial charge in [0.05, 0.1) is 17.7 Å². The van der Waals surface area contributed by atoms with Crippen molar-refractivity contribution in [3.8, 4) is 12.1 Å². The van der Waals surface area contributed by atoms with E-state index in [1.54, 1.807) is 12.1 Å². The molecule has 1 fully saturated rings. The fourth-order valence-electron chi connectivity index (χ4n) is 2.52. The quantitative estimate of drug-likeness (QED) is 0.861. The van der Waals surface area contributed by atoms with Crippen LogP contribution >= 0.6 is 11.6 Å². The van der Waals surface area contributed by atoms with Gasteiger partial charge in [0.15, 0.2) is 0 Å². The number of hydrogen-bond acceptors (Lipinski definition) is 4. The van der Waals surface area contributed by atoms with Gasteiger partial charge >= 0.3 is 0 Å². The summed E-state index contributed by atoms with van der Waals surface area (Å²) in [4.78, 5) is 4.54. The first-order chi connectivity index (χ1) is 9.96. The molecule has 110 valence electrons. The molecule has 21 heavy (non-hydrogen) atoms. The number of rotatable bonds is 3. The van der Waals surface area contributed by atoms with Crippen LogP contribution in [0.1, 0.15) is 25.0 Å². The molecule has 0 amide bonds. The van der Waals surface area contributed by atoms with E-state index in [0.29, 0.717) is 10.6 Å². The largest absolute Gasteiger partial charge is 0.296 e. The highest BCUT2D eigenvalue weighted by molar-refractivity contribution is 6.31. The van der Waals surface area contributed by atoms with E-state index in [9.17, 15) is 5.26 Å². The fraction of sp³-hybridized carbons (Fsp3) is 0.500. The molecule has 5 heteroatoms. The first-order valence-corrected chi connectivity index (χ1v) is 7.41. The molecule has 0 saturated carbocycles. The highest BCUT2D eigenvalue weighted by Gasteiger charge is 2.29. The third-order valence-electron chi connectivity index (χ3n) is 4.01. The minimum atomic E-state index is -0.405. The smallest absolute Gasteiger partial charge is 0.103 e.